The van der Waals surface area contributed by atoms with Crippen LogP contribution in [0, 0.1) is 6.92 Å². The molecule has 5 heteroatoms. The summed E-state index contributed by atoms with van der Waals surface area (Å²) in [5.41, 5.74) is 3.38. The maximum atomic E-state index is 13.4. The van der Waals surface area contributed by atoms with E-state index >= 15 is 0 Å². The predicted octanol–water partition coefficient (Wildman–Crippen LogP) is 4.55. The molecule has 0 saturated heterocycles. The number of benzene rings is 3. The predicted molar refractivity (Wildman–Crippen MR) is 113 cm³/mol. The van der Waals surface area contributed by atoms with E-state index in [1.807, 2.05) is 31.2 Å². The van der Waals surface area contributed by atoms with E-state index < -0.39 is 6.04 Å². The Balaban J connectivity index is 1.71. The van der Waals surface area contributed by atoms with Crippen molar-refractivity contribution in [2.45, 2.75) is 19.5 Å². The van der Waals surface area contributed by atoms with Crippen LogP contribution in [0.5, 0.6) is 5.75 Å². The van der Waals surface area contributed by atoms with Gasteiger partial charge in [0.2, 0.25) is 5.76 Å². The maximum Gasteiger partial charge on any atom is 0.291 e. The number of rotatable bonds is 3. The zero-order chi connectivity index (χ0) is 20.8. The molecule has 0 unspecified atom stereocenters. The van der Waals surface area contributed by atoms with Gasteiger partial charge in [0.15, 0.2) is 5.43 Å². The van der Waals surface area contributed by atoms with Gasteiger partial charge in [-0.25, -0.2) is 0 Å². The smallest absolute Gasteiger partial charge is 0.291 e. The third-order valence-corrected chi connectivity index (χ3v) is 5.56. The van der Waals surface area contributed by atoms with E-state index in [1.54, 1.807) is 53.4 Å². The molecule has 1 N–H and O–H groups in total. The molecule has 0 aliphatic carbocycles. The first-order chi connectivity index (χ1) is 14.5. The van der Waals surface area contributed by atoms with Crippen molar-refractivity contribution in [3.05, 3.63) is 111 Å². The van der Waals surface area contributed by atoms with Crippen molar-refractivity contribution in [2.24, 2.45) is 0 Å². The van der Waals surface area contributed by atoms with Gasteiger partial charge in [0.1, 0.15) is 11.3 Å². The number of hydrogen-bond acceptors (Lipinski definition) is 4. The highest BCUT2D eigenvalue weighted by Crippen LogP contribution is 2.39. The van der Waals surface area contributed by atoms with Crippen molar-refractivity contribution in [1.29, 1.82) is 0 Å². The molecule has 1 aliphatic heterocycles. The molecule has 0 radical (unpaired) electrons. The molecule has 148 valence electrons. The van der Waals surface area contributed by atoms with Crippen molar-refractivity contribution >= 4 is 16.9 Å². The van der Waals surface area contributed by atoms with Crippen molar-refractivity contribution in [3.63, 3.8) is 0 Å². The summed E-state index contributed by atoms with van der Waals surface area (Å²) in [6.45, 7) is 2.35. The van der Waals surface area contributed by atoms with E-state index in [2.05, 4.69) is 0 Å². The summed E-state index contributed by atoms with van der Waals surface area (Å²) in [4.78, 5) is 28.4. The van der Waals surface area contributed by atoms with Crippen molar-refractivity contribution in [3.8, 4) is 5.75 Å². The zero-order valence-corrected chi connectivity index (χ0v) is 16.3. The lowest BCUT2D eigenvalue weighted by Gasteiger charge is -2.25. The molecule has 1 aromatic heterocycles. The Bertz CT molecular complexity index is 1320. The van der Waals surface area contributed by atoms with Gasteiger partial charge in [-0.05, 0) is 42.3 Å². The van der Waals surface area contributed by atoms with E-state index in [0.717, 1.165) is 16.7 Å². The molecule has 3 aromatic carbocycles. The summed E-state index contributed by atoms with van der Waals surface area (Å²) in [5, 5.41) is 10.2. The number of hydrogen-bond donors (Lipinski definition) is 1. The highest BCUT2D eigenvalue weighted by Gasteiger charge is 2.42. The van der Waals surface area contributed by atoms with Gasteiger partial charge in [-0.1, -0.05) is 54.1 Å². The van der Waals surface area contributed by atoms with Crippen LogP contribution in [0.2, 0.25) is 0 Å². The lowest BCUT2D eigenvalue weighted by molar-refractivity contribution is 0.0714. The van der Waals surface area contributed by atoms with Crippen molar-refractivity contribution in [2.75, 3.05) is 0 Å². The van der Waals surface area contributed by atoms with Gasteiger partial charge < -0.3 is 14.4 Å². The summed E-state index contributed by atoms with van der Waals surface area (Å²) in [6.07, 6.45) is 0. The Morgan fingerprint density at radius 3 is 2.37 bits per heavy atom. The van der Waals surface area contributed by atoms with Crippen LogP contribution in [0.15, 0.2) is 82.0 Å². The topological polar surface area (TPSA) is 70.8 Å². The molecule has 5 nitrogen and oxygen atoms in total. The van der Waals surface area contributed by atoms with E-state index in [-0.39, 0.29) is 22.8 Å². The van der Waals surface area contributed by atoms with Gasteiger partial charge in [0.25, 0.3) is 5.91 Å². The highest BCUT2D eigenvalue weighted by atomic mass is 16.3. The van der Waals surface area contributed by atoms with E-state index in [0.29, 0.717) is 23.1 Å². The van der Waals surface area contributed by atoms with Crippen LogP contribution in [-0.2, 0) is 6.54 Å². The van der Waals surface area contributed by atoms with Crippen LogP contribution in [0.3, 0.4) is 0 Å². The van der Waals surface area contributed by atoms with Crippen LogP contribution < -0.4 is 5.43 Å². The van der Waals surface area contributed by atoms with Crippen LogP contribution in [0.4, 0.5) is 0 Å². The SMILES string of the molecule is Cc1ccc(CN2C(=O)c3oc4ccccc4c(=O)c3[C@H]2c2ccc(O)cc2)cc1. The Labute approximate surface area is 172 Å². The summed E-state index contributed by atoms with van der Waals surface area (Å²) in [6, 6.07) is 20.9. The number of carbonyl (C=O) groups is 1. The fraction of sp³-hybridized carbons (Fsp3) is 0.120. The number of phenolic OH excluding ortho intramolecular Hbond substituents is 1. The number of aryl methyl sites for hydroxylation is 1. The van der Waals surface area contributed by atoms with Crippen molar-refractivity contribution < 1.29 is 14.3 Å². The number of amides is 1. The minimum absolute atomic E-state index is 0.0869. The standard InChI is InChI=1S/C25H19NO4/c1-15-6-8-16(9-7-15)14-26-22(17-10-12-18(27)13-11-17)21-23(28)19-4-2-3-5-20(19)30-24(21)25(26)29/h2-13,22,27H,14H2,1H3/t22-/m1/s1. The number of phenols is 1. The number of aromatic hydroxyl groups is 1. The number of fused-ring (bicyclic) bond motifs is 2. The van der Waals surface area contributed by atoms with Gasteiger partial charge in [0.05, 0.1) is 17.0 Å². The molecule has 30 heavy (non-hydrogen) atoms. The second kappa shape index (κ2) is 6.88. The Morgan fingerprint density at radius 1 is 0.933 bits per heavy atom. The average molecular weight is 397 g/mol. The van der Waals surface area contributed by atoms with E-state index in [4.69, 9.17) is 4.42 Å². The molecular weight excluding hydrogens is 378 g/mol. The number of para-hydroxylation sites is 1. The molecular formula is C25H19NO4. The second-order valence-corrected chi connectivity index (χ2v) is 7.58. The molecule has 1 aliphatic rings. The quantitative estimate of drug-likeness (QED) is 0.550. The molecule has 1 atom stereocenters. The molecule has 0 bridgehead atoms. The maximum absolute atomic E-state index is 13.4. The average Bonchev–Trinajstić information content (AvgIpc) is 3.03. The Kier molecular flexibility index (Phi) is 4.17. The lowest BCUT2D eigenvalue weighted by atomic mass is 9.98. The Hall–Kier alpha value is -3.86. The summed E-state index contributed by atoms with van der Waals surface area (Å²) in [7, 11) is 0. The second-order valence-electron chi connectivity index (χ2n) is 7.58. The van der Waals surface area contributed by atoms with Crippen LogP contribution in [-0.4, -0.2) is 15.9 Å². The fourth-order valence-corrected chi connectivity index (χ4v) is 4.02. The van der Waals surface area contributed by atoms with Crippen LogP contribution in [0.25, 0.3) is 11.0 Å². The number of carbonyl (C=O) groups excluding carboxylic acids is 1. The van der Waals surface area contributed by atoms with Gasteiger partial charge in [-0.15, -0.1) is 0 Å². The first-order valence-electron chi connectivity index (χ1n) is 9.74. The first kappa shape index (κ1) is 18.2. The van der Waals surface area contributed by atoms with Gasteiger partial charge in [-0.3, -0.25) is 9.59 Å². The van der Waals surface area contributed by atoms with E-state index in [9.17, 15) is 14.7 Å². The van der Waals surface area contributed by atoms with Gasteiger partial charge >= 0.3 is 0 Å². The largest absolute Gasteiger partial charge is 0.508 e. The molecule has 0 fully saturated rings. The van der Waals surface area contributed by atoms with Gasteiger partial charge in [0, 0.05) is 6.54 Å². The monoisotopic (exact) mass is 397 g/mol. The first-order valence-corrected chi connectivity index (χ1v) is 9.74. The minimum atomic E-state index is -0.588. The molecule has 5 rings (SSSR count). The molecule has 0 spiro atoms. The van der Waals surface area contributed by atoms with Crippen LogP contribution >= 0.6 is 0 Å². The normalized spacial score (nSPS) is 15.6. The molecule has 1 amide bonds. The van der Waals surface area contributed by atoms with Crippen LogP contribution in [0.1, 0.15) is 38.9 Å². The molecule has 2 heterocycles. The Morgan fingerprint density at radius 2 is 1.63 bits per heavy atom. The summed E-state index contributed by atoms with van der Waals surface area (Å²) < 4.78 is 5.92. The number of nitrogens with zero attached hydrogens (tertiary/aromatic N) is 1. The lowest BCUT2D eigenvalue weighted by Crippen LogP contribution is -2.29. The zero-order valence-electron chi connectivity index (χ0n) is 16.3. The minimum Gasteiger partial charge on any atom is -0.508 e. The molecule has 4 aromatic rings. The highest BCUT2D eigenvalue weighted by molar-refractivity contribution is 5.99. The molecule has 0 saturated carbocycles. The third-order valence-electron chi connectivity index (χ3n) is 5.56. The third kappa shape index (κ3) is 2.87. The van der Waals surface area contributed by atoms with Gasteiger partial charge in [-0.2, -0.15) is 0 Å². The van der Waals surface area contributed by atoms with E-state index in [1.165, 1.54) is 0 Å². The fourth-order valence-electron chi connectivity index (χ4n) is 4.02. The summed E-state index contributed by atoms with van der Waals surface area (Å²) in [5.74, 6) is -0.102. The van der Waals surface area contributed by atoms with Crippen molar-refractivity contribution in [1.82, 2.24) is 4.90 Å². The summed E-state index contributed by atoms with van der Waals surface area (Å²) >= 11 is 0.